The fourth-order valence-corrected chi connectivity index (χ4v) is 3.72. The summed E-state index contributed by atoms with van der Waals surface area (Å²) in [5, 5.41) is 5.07. The standard InChI is InChI=1S/C14H21N7/c1-19-6-5-9-3-4-10(8-19)21(9)14-17-12(15)11-7-16-20(2)13(11)18-14/h7,9-10H,3-6,8H2,1-2H3,(H2,15,17,18)/t9-,10+/m1/s1. The average molecular weight is 287 g/mol. The Labute approximate surface area is 123 Å². The first-order valence-electron chi connectivity index (χ1n) is 7.55. The Balaban J connectivity index is 1.80. The minimum atomic E-state index is 0.493. The van der Waals surface area contributed by atoms with Crippen molar-refractivity contribution in [3.63, 3.8) is 0 Å². The van der Waals surface area contributed by atoms with Crippen molar-refractivity contribution in [1.29, 1.82) is 0 Å². The Morgan fingerprint density at radius 2 is 1.95 bits per heavy atom. The lowest BCUT2D eigenvalue weighted by atomic mass is 10.1. The summed E-state index contributed by atoms with van der Waals surface area (Å²) in [5.41, 5.74) is 6.93. The summed E-state index contributed by atoms with van der Waals surface area (Å²) in [5.74, 6) is 1.30. The van der Waals surface area contributed by atoms with Gasteiger partial charge in [-0.05, 0) is 32.9 Å². The van der Waals surface area contributed by atoms with Crippen molar-refractivity contribution < 1.29 is 0 Å². The molecule has 2 aromatic heterocycles. The van der Waals surface area contributed by atoms with Crippen LogP contribution in [0.1, 0.15) is 19.3 Å². The first-order chi connectivity index (χ1) is 10.1. The van der Waals surface area contributed by atoms with Gasteiger partial charge in [-0.2, -0.15) is 15.1 Å². The van der Waals surface area contributed by atoms with Crippen LogP contribution < -0.4 is 10.6 Å². The maximum Gasteiger partial charge on any atom is 0.229 e. The molecule has 2 aromatic rings. The topological polar surface area (TPSA) is 76.1 Å². The third-order valence-electron chi connectivity index (χ3n) is 4.83. The van der Waals surface area contributed by atoms with Gasteiger partial charge in [-0.1, -0.05) is 0 Å². The smallest absolute Gasteiger partial charge is 0.229 e. The lowest BCUT2D eigenvalue weighted by Gasteiger charge is -2.28. The molecule has 2 bridgehead atoms. The van der Waals surface area contributed by atoms with E-state index < -0.39 is 0 Å². The minimum Gasteiger partial charge on any atom is -0.383 e. The van der Waals surface area contributed by atoms with Crippen LogP contribution in [0.4, 0.5) is 11.8 Å². The number of nitrogen functional groups attached to an aromatic ring is 1. The second-order valence-corrected chi connectivity index (χ2v) is 6.26. The number of fused-ring (bicyclic) bond motifs is 3. The van der Waals surface area contributed by atoms with Crippen molar-refractivity contribution >= 4 is 22.8 Å². The van der Waals surface area contributed by atoms with E-state index in [1.807, 2.05) is 7.05 Å². The van der Waals surface area contributed by atoms with Crippen molar-refractivity contribution in [3.05, 3.63) is 6.20 Å². The molecule has 2 saturated heterocycles. The fraction of sp³-hybridized carbons (Fsp3) is 0.643. The molecule has 112 valence electrons. The van der Waals surface area contributed by atoms with Crippen molar-refractivity contribution in [2.24, 2.45) is 7.05 Å². The third-order valence-corrected chi connectivity index (χ3v) is 4.83. The predicted octanol–water partition coefficient (Wildman–Crippen LogP) is 0.618. The van der Waals surface area contributed by atoms with Gasteiger partial charge in [-0.15, -0.1) is 0 Å². The van der Waals surface area contributed by atoms with Gasteiger partial charge in [0.15, 0.2) is 5.65 Å². The molecule has 0 unspecified atom stereocenters. The lowest BCUT2D eigenvalue weighted by molar-refractivity contribution is 0.315. The summed E-state index contributed by atoms with van der Waals surface area (Å²) >= 11 is 0. The molecule has 2 aliphatic rings. The monoisotopic (exact) mass is 287 g/mol. The molecule has 0 spiro atoms. The van der Waals surface area contributed by atoms with E-state index in [0.717, 1.165) is 30.1 Å². The normalized spacial score (nSPS) is 26.5. The van der Waals surface area contributed by atoms with Crippen LogP contribution in [0, 0.1) is 0 Å². The SMILES string of the molecule is CN1CC[C@H]2CC[C@@H](C1)N2c1nc(N)c2cnn(C)c2n1. The van der Waals surface area contributed by atoms with Gasteiger partial charge in [0.25, 0.3) is 0 Å². The van der Waals surface area contributed by atoms with Gasteiger partial charge >= 0.3 is 0 Å². The number of likely N-dealkylation sites (N-methyl/N-ethyl adjacent to an activating group) is 1. The zero-order valence-electron chi connectivity index (χ0n) is 12.5. The van der Waals surface area contributed by atoms with Gasteiger partial charge in [0, 0.05) is 25.7 Å². The van der Waals surface area contributed by atoms with Crippen LogP contribution in [0.15, 0.2) is 6.20 Å². The zero-order valence-corrected chi connectivity index (χ0v) is 12.5. The summed E-state index contributed by atoms with van der Waals surface area (Å²) in [4.78, 5) is 14.1. The third kappa shape index (κ3) is 1.95. The molecule has 7 heteroatoms. The maximum atomic E-state index is 6.11. The summed E-state index contributed by atoms with van der Waals surface area (Å²) in [6.45, 7) is 2.21. The molecular weight excluding hydrogens is 266 g/mol. The second-order valence-electron chi connectivity index (χ2n) is 6.26. The van der Waals surface area contributed by atoms with Crippen LogP contribution >= 0.6 is 0 Å². The first-order valence-corrected chi connectivity index (χ1v) is 7.55. The van der Waals surface area contributed by atoms with E-state index in [4.69, 9.17) is 10.7 Å². The van der Waals surface area contributed by atoms with Crippen LogP contribution in [0.3, 0.4) is 0 Å². The van der Waals surface area contributed by atoms with Gasteiger partial charge in [0.05, 0.1) is 11.6 Å². The zero-order chi connectivity index (χ0) is 14.6. The molecular formula is C14H21N7. The first kappa shape index (κ1) is 12.8. The van der Waals surface area contributed by atoms with Crippen molar-refractivity contribution in [1.82, 2.24) is 24.6 Å². The quantitative estimate of drug-likeness (QED) is 0.828. The molecule has 2 atom stereocenters. The molecule has 0 aliphatic carbocycles. The summed E-state index contributed by atoms with van der Waals surface area (Å²) in [6.07, 6.45) is 5.34. The van der Waals surface area contributed by atoms with Crippen molar-refractivity contribution in [2.45, 2.75) is 31.3 Å². The molecule has 4 heterocycles. The maximum absolute atomic E-state index is 6.11. The fourth-order valence-electron chi connectivity index (χ4n) is 3.72. The van der Waals surface area contributed by atoms with Gasteiger partial charge in [0.1, 0.15) is 5.82 Å². The number of likely N-dealkylation sites (tertiary alicyclic amines) is 1. The van der Waals surface area contributed by atoms with Crippen LogP contribution in [0.25, 0.3) is 11.0 Å². The average Bonchev–Trinajstić information content (AvgIpc) is 2.95. The number of nitrogens with two attached hydrogens (primary N) is 1. The van der Waals surface area contributed by atoms with Gasteiger partial charge < -0.3 is 15.5 Å². The molecule has 0 saturated carbocycles. The van der Waals surface area contributed by atoms with Gasteiger partial charge in [-0.3, -0.25) is 4.68 Å². The van der Waals surface area contributed by atoms with Gasteiger partial charge in [0.2, 0.25) is 5.95 Å². The molecule has 4 rings (SSSR count). The Morgan fingerprint density at radius 1 is 1.14 bits per heavy atom. The van der Waals surface area contributed by atoms with E-state index in [1.165, 1.54) is 19.3 Å². The number of anilines is 2. The summed E-state index contributed by atoms with van der Waals surface area (Å²) in [7, 11) is 4.09. The van der Waals surface area contributed by atoms with Crippen molar-refractivity contribution in [2.75, 3.05) is 30.8 Å². The second kappa shape index (κ2) is 4.56. The molecule has 0 amide bonds. The summed E-state index contributed by atoms with van der Waals surface area (Å²) < 4.78 is 1.77. The minimum absolute atomic E-state index is 0.493. The Morgan fingerprint density at radius 3 is 2.81 bits per heavy atom. The van der Waals surface area contributed by atoms with E-state index in [-0.39, 0.29) is 0 Å². The van der Waals surface area contributed by atoms with E-state index >= 15 is 0 Å². The Kier molecular flexibility index (Phi) is 2.78. The number of hydrogen-bond donors (Lipinski definition) is 1. The lowest BCUT2D eigenvalue weighted by Crippen LogP contribution is -2.39. The number of aryl methyl sites for hydroxylation is 1. The molecule has 2 aliphatic heterocycles. The van der Waals surface area contributed by atoms with Crippen LogP contribution in [0.5, 0.6) is 0 Å². The highest BCUT2D eigenvalue weighted by Crippen LogP contribution is 2.34. The number of rotatable bonds is 1. The molecule has 21 heavy (non-hydrogen) atoms. The predicted molar refractivity (Wildman–Crippen MR) is 82.1 cm³/mol. The molecule has 2 N–H and O–H groups in total. The Bertz CT molecular complexity index is 679. The highest BCUT2D eigenvalue weighted by atomic mass is 15.4. The van der Waals surface area contributed by atoms with Crippen LogP contribution in [-0.4, -0.2) is 56.9 Å². The number of aromatic nitrogens is 4. The largest absolute Gasteiger partial charge is 0.383 e. The summed E-state index contributed by atoms with van der Waals surface area (Å²) in [6, 6.07) is 1.03. The number of hydrogen-bond acceptors (Lipinski definition) is 6. The van der Waals surface area contributed by atoms with Crippen LogP contribution in [0.2, 0.25) is 0 Å². The highest BCUT2D eigenvalue weighted by molar-refractivity contribution is 5.86. The van der Waals surface area contributed by atoms with Crippen LogP contribution in [-0.2, 0) is 7.05 Å². The molecule has 2 fully saturated rings. The molecule has 0 radical (unpaired) electrons. The number of nitrogens with zero attached hydrogens (tertiary/aromatic N) is 6. The van der Waals surface area contributed by atoms with E-state index in [0.29, 0.717) is 17.9 Å². The van der Waals surface area contributed by atoms with Gasteiger partial charge in [-0.25, -0.2) is 0 Å². The molecule has 7 nitrogen and oxygen atoms in total. The molecule has 0 aromatic carbocycles. The van der Waals surface area contributed by atoms with Crippen molar-refractivity contribution in [3.8, 4) is 0 Å². The van der Waals surface area contributed by atoms with E-state index in [1.54, 1.807) is 10.9 Å². The van der Waals surface area contributed by atoms with E-state index in [9.17, 15) is 0 Å². The Hall–Kier alpha value is -1.89. The highest BCUT2D eigenvalue weighted by Gasteiger charge is 2.38. The van der Waals surface area contributed by atoms with E-state index in [2.05, 4.69) is 26.9 Å².